The van der Waals surface area contributed by atoms with E-state index in [2.05, 4.69) is 50.8 Å². The van der Waals surface area contributed by atoms with Gasteiger partial charge in [-0.05, 0) is 49.4 Å². The van der Waals surface area contributed by atoms with Gasteiger partial charge in [0.2, 0.25) is 0 Å². The SMILES string of the molecule is CCOc1ccc(C2(CNC(=NC)N3CCC(c4cnn(C)c4)C3)CCOCC2)cc1.I. The van der Waals surface area contributed by atoms with Crippen molar-refractivity contribution < 1.29 is 9.47 Å². The standard InChI is InChI=1S/C24H35N5O2.HI/c1-4-31-22-7-5-21(6-8-22)24(10-13-30-14-11-24)18-26-23(25-2)29-12-9-19(17-29)20-15-27-28(3)16-20;/h5-8,15-16,19H,4,9-14,17-18H2,1-3H3,(H,25,26);1H. The summed E-state index contributed by atoms with van der Waals surface area (Å²) < 4.78 is 13.2. The van der Waals surface area contributed by atoms with Crippen LogP contribution in [0.1, 0.15) is 43.2 Å². The number of aryl methyl sites for hydroxylation is 1. The second kappa shape index (κ2) is 11.4. The Morgan fingerprint density at radius 1 is 1.28 bits per heavy atom. The van der Waals surface area contributed by atoms with E-state index >= 15 is 0 Å². The van der Waals surface area contributed by atoms with Crippen molar-refractivity contribution >= 4 is 29.9 Å². The zero-order chi connectivity index (χ0) is 21.7. The molecule has 0 spiro atoms. The lowest BCUT2D eigenvalue weighted by Crippen LogP contribution is -2.48. The molecule has 2 fully saturated rings. The maximum atomic E-state index is 5.71. The number of nitrogens with one attached hydrogen (secondary N) is 1. The van der Waals surface area contributed by atoms with Gasteiger partial charge in [-0.3, -0.25) is 9.67 Å². The Labute approximate surface area is 208 Å². The molecule has 7 nitrogen and oxygen atoms in total. The van der Waals surface area contributed by atoms with Crippen molar-refractivity contribution in [2.45, 2.75) is 37.5 Å². The molecule has 0 radical (unpaired) electrons. The van der Waals surface area contributed by atoms with Crippen LogP contribution in [-0.2, 0) is 17.2 Å². The van der Waals surface area contributed by atoms with Gasteiger partial charge in [0.1, 0.15) is 5.75 Å². The van der Waals surface area contributed by atoms with Crippen LogP contribution in [0.5, 0.6) is 5.75 Å². The summed E-state index contributed by atoms with van der Waals surface area (Å²) in [5, 5.41) is 8.05. The van der Waals surface area contributed by atoms with Gasteiger partial charge in [0.05, 0.1) is 12.8 Å². The Balaban J connectivity index is 0.00000289. The van der Waals surface area contributed by atoms with E-state index in [-0.39, 0.29) is 29.4 Å². The van der Waals surface area contributed by atoms with E-state index in [0.717, 1.165) is 63.8 Å². The fourth-order valence-corrected chi connectivity index (χ4v) is 4.86. The summed E-state index contributed by atoms with van der Waals surface area (Å²) in [5.74, 6) is 2.43. The molecule has 0 amide bonds. The monoisotopic (exact) mass is 553 g/mol. The van der Waals surface area contributed by atoms with E-state index in [1.807, 2.05) is 31.9 Å². The first-order valence-corrected chi connectivity index (χ1v) is 11.4. The topological polar surface area (TPSA) is 63.9 Å². The third-order valence-corrected chi connectivity index (χ3v) is 6.71. The van der Waals surface area contributed by atoms with Crippen molar-refractivity contribution in [2.75, 3.05) is 46.5 Å². The van der Waals surface area contributed by atoms with Gasteiger partial charge in [-0.1, -0.05) is 12.1 Å². The number of hydrogen-bond donors (Lipinski definition) is 1. The van der Waals surface area contributed by atoms with E-state index in [0.29, 0.717) is 12.5 Å². The summed E-state index contributed by atoms with van der Waals surface area (Å²) >= 11 is 0. The van der Waals surface area contributed by atoms with Crippen LogP contribution < -0.4 is 10.1 Å². The molecule has 2 saturated heterocycles. The minimum Gasteiger partial charge on any atom is -0.494 e. The van der Waals surface area contributed by atoms with Crippen LogP contribution in [0.15, 0.2) is 41.7 Å². The summed E-state index contributed by atoms with van der Waals surface area (Å²) in [6, 6.07) is 8.61. The van der Waals surface area contributed by atoms with Crippen LogP contribution >= 0.6 is 24.0 Å². The Kier molecular flexibility index (Phi) is 8.81. The molecule has 1 N–H and O–H groups in total. The third kappa shape index (κ3) is 5.57. The molecule has 1 aromatic carbocycles. The third-order valence-electron chi connectivity index (χ3n) is 6.71. The average Bonchev–Trinajstić information content (AvgIpc) is 3.45. The number of rotatable bonds is 6. The van der Waals surface area contributed by atoms with Crippen LogP contribution in [0.25, 0.3) is 0 Å². The zero-order valence-corrected chi connectivity index (χ0v) is 21.7. The van der Waals surface area contributed by atoms with Crippen LogP contribution in [0.3, 0.4) is 0 Å². The van der Waals surface area contributed by atoms with E-state index in [1.165, 1.54) is 11.1 Å². The number of halogens is 1. The van der Waals surface area contributed by atoms with Crippen LogP contribution in [0, 0.1) is 0 Å². The highest BCUT2D eigenvalue weighted by atomic mass is 127. The van der Waals surface area contributed by atoms with Gasteiger partial charge >= 0.3 is 0 Å². The minimum atomic E-state index is 0. The molecule has 1 aromatic heterocycles. The van der Waals surface area contributed by atoms with Crippen molar-refractivity contribution in [3.05, 3.63) is 47.8 Å². The number of ether oxygens (including phenoxy) is 2. The molecule has 176 valence electrons. The van der Waals surface area contributed by atoms with Crippen molar-refractivity contribution in [1.82, 2.24) is 20.0 Å². The predicted molar refractivity (Wildman–Crippen MR) is 138 cm³/mol. The molecule has 2 aliphatic heterocycles. The van der Waals surface area contributed by atoms with Gasteiger partial charge < -0.3 is 19.7 Å². The lowest BCUT2D eigenvalue weighted by molar-refractivity contribution is 0.0512. The quantitative estimate of drug-likeness (QED) is 0.337. The van der Waals surface area contributed by atoms with Gasteiger partial charge in [0, 0.05) is 64.5 Å². The molecular weight excluding hydrogens is 517 g/mol. The summed E-state index contributed by atoms with van der Waals surface area (Å²) in [6.45, 7) is 7.13. The number of likely N-dealkylation sites (tertiary alicyclic amines) is 1. The maximum Gasteiger partial charge on any atom is 0.193 e. The average molecular weight is 553 g/mol. The molecule has 32 heavy (non-hydrogen) atoms. The predicted octanol–water partition coefficient (Wildman–Crippen LogP) is 3.55. The minimum absolute atomic E-state index is 0. The van der Waals surface area contributed by atoms with Gasteiger partial charge in [0.25, 0.3) is 0 Å². The molecule has 3 heterocycles. The van der Waals surface area contributed by atoms with Gasteiger partial charge in [0.15, 0.2) is 5.96 Å². The lowest BCUT2D eigenvalue weighted by atomic mass is 9.74. The number of nitrogens with zero attached hydrogens (tertiary/aromatic N) is 4. The molecule has 1 atom stereocenters. The maximum absolute atomic E-state index is 5.71. The van der Waals surface area contributed by atoms with E-state index in [9.17, 15) is 0 Å². The Bertz CT molecular complexity index is 877. The van der Waals surface area contributed by atoms with Crippen LogP contribution in [-0.4, -0.2) is 67.1 Å². The Morgan fingerprint density at radius 2 is 2.03 bits per heavy atom. The van der Waals surface area contributed by atoms with Crippen LogP contribution in [0.2, 0.25) is 0 Å². The highest BCUT2D eigenvalue weighted by molar-refractivity contribution is 14.0. The molecule has 8 heteroatoms. The Morgan fingerprint density at radius 3 is 2.66 bits per heavy atom. The van der Waals surface area contributed by atoms with Crippen molar-refractivity contribution in [3.63, 3.8) is 0 Å². The Hall–Kier alpha value is -1.81. The summed E-state index contributed by atoms with van der Waals surface area (Å²) in [6.07, 6.45) is 7.26. The van der Waals surface area contributed by atoms with E-state index in [1.54, 1.807) is 0 Å². The van der Waals surface area contributed by atoms with Crippen LogP contribution in [0.4, 0.5) is 0 Å². The number of guanidine groups is 1. The largest absolute Gasteiger partial charge is 0.494 e. The number of benzene rings is 1. The summed E-state index contributed by atoms with van der Waals surface area (Å²) in [4.78, 5) is 6.99. The molecule has 0 bridgehead atoms. The first kappa shape index (κ1) is 24.8. The highest BCUT2D eigenvalue weighted by Crippen LogP contribution is 2.35. The fraction of sp³-hybridized carbons (Fsp3) is 0.583. The van der Waals surface area contributed by atoms with Gasteiger partial charge in [-0.25, -0.2) is 0 Å². The van der Waals surface area contributed by atoms with Crippen molar-refractivity contribution in [1.29, 1.82) is 0 Å². The number of hydrogen-bond acceptors (Lipinski definition) is 4. The summed E-state index contributed by atoms with van der Waals surface area (Å²) in [5.41, 5.74) is 2.70. The molecule has 2 aliphatic rings. The molecule has 2 aromatic rings. The van der Waals surface area contributed by atoms with E-state index < -0.39 is 0 Å². The fourth-order valence-electron chi connectivity index (χ4n) is 4.86. The van der Waals surface area contributed by atoms with Gasteiger partial charge in [-0.2, -0.15) is 5.10 Å². The number of aliphatic imine (C=N–C) groups is 1. The second-order valence-corrected chi connectivity index (χ2v) is 8.63. The van der Waals surface area contributed by atoms with Crippen molar-refractivity contribution in [3.8, 4) is 5.75 Å². The smallest absolute Gasteiger partial charge is 0.193 e. The zero-order valence-electron chi connectivity index (χ0n) is 19.4. The molecule has 4 rings (SSSR count). The first-order valence-electron chi connectivity index (χ1n) is 11.4. The molecule has 0 saturated carbocycles. The first-order chi connectivity index (χ1) is 15.1. The number of aromatic nitrogens is 2. The lowest BCUT2D eigenvalue weighted by Gasteiger charge is -2.39. The summed E-state index contributed by atoms with van der Waals surface area (Å²) in [7, 11) is 3.86. The van der Waals surface area contributed by atoms with Gasteiger partial charge in [-0.15, -0.1) is 24.0 Å². The highest BCUT2D eigenvalue weighted by Gasteiger charge is 2.35. The molecule has 0 aliphatic carbocycles. The molecule has 1 unspecified atom stereocenters. The second-order valence-electron chi connectivity index (χ2n) is 8.63. The normalized spacial score (nSPS) is 20.7. The van der Waals surface area contributed by atoms with E-state index in [4.69, 9.17) is 9.47 Å². The van der Waals surface area contributed by atoms with Crippen molar-refractivity contribution in [2.24, 2.45) is 12.0 Å². The molecular formula is C24H36IN5O2.